The van der Waals surface area contributed by atoms with Crippen molar-refractivity contribution in [2.75, 3.05) is 6.54 Å². The van der Waals surface area contributed by atoms with E-state index in [1.165, 1.54) is 10.8 Å². The average Bonchev–Trinajstić information content (AvgIpc) is 2.51. The molecule has 1 aromatic carbocycles. The summed E-state index contributed by atoms with van der Waals surface area (Å²) in [6, 6.07) is 1.61. The third-order valence-electron chi connectivity index (χ3n) is 1.97. The molecule has 1 aliphatic heterocycles. The van der Waals surface area contributed by atoms with Gasteiger partial charge in [0.1, 0.15) is 0 Å². The lowest BCUT2D eigenvalue weighted by Crippen LogP contribution is -2.04. The summed E-state index contributed by atoms with van der Waals surface area (Å²) in [6.45, 7) is 0.535. The van der Waals surface area contributed by atoms with E-state index in [4.69, 9.17) is 5.73 Å². The largest absolute Gasteiger partial charge is 0.504 e. The molecule has 4 N–H and O–H groups in total. The summed E-state index contributed by atoms with van der Waals surface area (Å²) in [7, 11) is 7.97. The minimum atomic E-state index is -0.0622. The molecule has 1 heterocycles. The highest BCUT2D eigenvalue weighted by molar-refractivity contribution is 9.36. The Morgan fingerprint density at radius 1 is 1.06 bits per heavy atom. The van der Waals surface area contributed by atoms with E-state index in [1.54, 1.807) is 46.3 Å². The number of hydrogen-bond donors (Lipinski definition) is 3. The average molecular weight is 312 g/mol. The molecule has 0 radical (unpaired) electrons. The molecule has 2 rings (SSSR count). The Bertz CT molecular complexity index is 401. The molecule has 0 amide bonds. The highest BCUT2D eigenvalue weighted by Crippen LogP contribution is 2.62. The van der Waals surface area contributed by atoms with Gasteiger partial charge < -0.3 is 15.9 Å². The van der Waals surface area contributed by atoms with Gasteiger partial charge in [0.15, 0.2) is 11.5 Å². The van der Waals surface area contributed by atoms with Crippen LogP contribution in [0.1, 0.15) is 5.56 Å². The Morgan fingerprint density at radius 2 is 1.75 bits per heavy atom. The topological polar surface area (TPSA) is 66.5 Å². The number of phenols is 2. The second kappa shape index (κ2) is 5.92. The number of benzene rings is 1. The Hall–Kier alpha value is 0.530. The van der Waals surface area contributed by atoms with Crippen molar-refractivity contribution in [1.29, 1.82) is 0 Å². The molecule has 16 heavy (non-hydrogen) atoms. The van der Waals surface area contributed by atoms with Gasteiger partial charge in [-0.1, -0.05) is 0 Å². The molecule has 8 heteroatoms. The number of nitrogens with two attached hydrogens (primary N) is 1. The van der Waals surface area contributed by atoms with Gasteiger partial charge in [-0.25, -0.2) is 0 Å². The minimum absolute atomic E-state index is 0.0242. The molecule has 1 aromatic rings. The number of rotatable bonds is 2. The van der Waals surface area contributed by atoms with Crippen LogP contribution in [0.25, 0.3) is 0 Å². The summed E-state index contributed by atoms with van der Waals surface area (Å²) in [5.41, 5.74) is 6.54. The van der Waals surface area contributed by atoms with Crippen molar-refractivity contribution in [3.05, 3.63) is 11.6 Å². The predicted molar refractivity (Wildman–Crippen MR) is 77.0 cm³/mol. The first kappa shape index (κ1) is 13.0. The van der Waals surface area contributed by atoms with E-state index in [2.05, 4.69) is 0 Å². The van der Waals surface area contributed by atoms with Crippen LogP contribution in [0.4, 0.5) is 0 Å². The summed E-state index contributed by atoms with van der Waals surface area (Å²) in [4.78, 5) is 1.77. The first-order valence-electron chi connectivity index (χ1n) is 4.36. The van der Waals surface area contributed by atoms with Gasteiger partial charge in [0, 0.05) is 4.90 Å². The normalized spacial score (nSPS) is 15.6. The summed E-state index contributed by atoms with van der Waals surface area (Å²) in [5, 5.41) is 19.5. The highest BCUT2D eigenvalue weighted by atomic mass is 33.8. The Morgan fingerprint density at radius 3 is 2.44 bits per heavy atom. The van der Waals surface area contributed by atoms with Crippen molar-refractivity contribution >= 4 is 51.1 Å². The minimum Gasteiger partial charge on any atom is -0.504 e. The molecule has 3 nitrogen and oxygen atoms in total. The van der Waals surface area contributed by atoms with Crippen LogP contribution >= 0.6 is 51.1 Å². The SMILES string of the molecule is NCCc1cc(O)c(O)c2c1SSSSS2. The molecule has 0 unspecified atom stereocenters. The van der Waals surface area contributed by atoms with Crippen molar-refractivity contribution < 1.29 is 10.2 Å². The standard InChI is InChI=1S/C8H9NO2S5/c9-2-1-4-3-5(10)6(11)8-7(4)12-14-16-15-13-8/h3,10-11H,1-2,9H2. The molecule has 0 aromatic heterocycles. The van der Waals surface area contributed by atoms with E-state index in [-0.39, 0.29) is 11.5 Å². The fourth-order valence-corrected chi connectivity index (χ4v) is 10.5. The Balaban J connectivity index is 2.50. The van der Waals surface area contributed by atoms with Crippen LogP contribution in [0, 0.1) is 0 Å². The zero-order chi connectivity index (χ0) is 11.5. The molecule has 0 saturated carbocycles. The smallest absolute Gasteiger partial charge is 0.173 e. The molecule has 1 aliphatic rings. The van der Waals surface area contributed by atoms with E-state index >= 15 is 0 Å². The quantitative estimate of drug-likeness (QED) is 0.565. The van der Waals surface area contributed by atoms with Gasteiger partial charge in [-0.3, -0.25) is 0 Å². The monoisotopic (exact) mass is 311 g/mol. The first-order chi connectivity index (χ1) is 7.74. The van der Waals surface area contributed by atoms with Crippen LogP contribution in [0.15, 0.2) is 15.9 Å². The van der Waals surface area contributed by atoms with Crippen molar-refractivity contribution in [3.63, 3.8) is 0 Å². The number of phenolic OH excluding ortho intramolecular Hbond substituents is 2. The van der Waals surface area contributed by atoms with Gasteiger partial charge in [0.05, 0.1) is 4.90 Å². The van der Waals surface area contributed by atoms with Crippen molar-refractivity contribution in [1.82, 2.24) is 0 Å². The molecule has 0 spiro atoms. The van der Waals surface area contributed by atoms with Crippen LogP contribution in [0.2, 0.25) is 0 Å². The van der Waals surface area contributed by atoms with Gasteiger partial charge in [-0.2, -0.15) is 0 Å². The molecule has 0 aliphatic carbocycles. The van der Waals surface area contributed by atoms with E-state index in [0.717, 1.165) is 15.4 Å². The molecule has 88 valence electrons. The van der Waals surface area contributed by atoms with Crippen LogP contribution in [0.3, 0.4) is 0 Å². The summed E-state index contributed by atoms with van der Waals surface area (Å²) >= 11 is 0. The Kier molecular flexibility index (Phi) is 4.80. The van der Waals surface area contributed by atoms with Crippen LogP contribution in [-0.4, -0.2) is 16.8 Å². The molecule has 0 bridgehead atoms. The predicted octanol–water partition coefficient (Wildman–Crippen LogP) is 3.66. The lowest BCUT2D eigenvalue weighted by atomic mass is 10.1. The lowest BCUT2D eigenvalue weighted by molar-refractivity contribution is 0.391. The lowest BCUT2D eigenvalue weighted by Gasteiger charge is -2.12. The van der Waals surface area contributed by atoms with E-state index < -0.39 is 0 Å². The Labute approximate surface area is 112 Å². The third-order valence-corrected chi connectivity index (χ3v) is 10.5. The number of aromatic hydroxyl groups is 2. The highest BCUT2D eigenvalue weighted by Gasteiger charge is 2.21. The van der Waals surface area contributed by atoms with E-state index in [1.807, 2.05) is 0 Å². The van der Waals surface area contributed by atoms with Crippen LogP contribution in [0.5, 0.6) is 11.5 Å². The molecular weight excluding hydrogens is 302 g/mol. The van der Waals surface area contributed by atoms with Gasteiger partial charge in [-0.05, 0) is 75.7 Å². The fraction of sp³-hybridized carbons (Fsp3) is 0.250. The van der Waals surface area contributed by atoms with Crippen molar-refractivity contribution in [2.45, 2.75) is 16.2 Å². The maximum absolute atomic E-state index is 9.81. The van der Waals surface area contributed by atoms with Gasteiger partial charge in [-0.15, -0.1) is 0 Å². The number of fused-ring (bicyclic) bond motifs is 1. The number of hydrogen-bond acceptors (Lipinski definition) is 8. The maximum atomic E-state index is 9.81. The molecule has 0 atom stereocenters. The summed E-state index contributed by atoms with van der Waals surface area (Å²) < 4.78 is 0. The van der Waals surface area contributed by atoms with Crippen LogP contribution in [-0.2, 0) is 6.42 Å². The third kappa shape index (κ3) is 2.68. The molecule has 0 fully saturated rings. The van der Waals surface area contributed by atoms with Crippen LogP contribution < -0.4 is 5.73 Å². The fourth-order valence-electron chi connectivity index (χ4n) is 1.29. The molecular formula is C8H9NO2S5. The van der Waals surface area contributed by atoms with Crippen molar-refractivity contribution in [2.24, 2.45) is 5.73 Å². The maximum Gasteiger partial charge on any atom is 0.173 e. The van der Waals surface area contributed by atoms with Gasteiger partial charge in [0.25, 0.3) is 0 Å². The van der Waals surface area contributed by atoms with E-state index in [0.29, 0.717) is 13.0 Å². The van der Waals surface area contributed by atoms with Gasteiger partial charge in [0.2, 0.25) is 0 Å². The zero-order valence-electron chi connectivity index (χ0n) is 8.00. The zero-order valence-corrected chi connectivity index (χ0v) is 12.1. The second-order valence-electron chi connectivity index (χ2n) is 2.97. The van der Waals surface area contributed by atoms with Crippen molar-refractivity contribution in [3.8, 4) is 11.5 Å². The van der Waals surface area contributed by atoms with E-state index in [9.17, 15) is 10.2 Å². The second-order valence-corrected chi connectivity index (χ2v) is 10.4. The molecule has 0 saturated heterocycles. The van der Waals surface area contributed by atoms with Gasteiger partial charge >= 0.3 is 0 Å². The first-order valence-corrected chi connectivity index (χ1v) is 10.5. The summed E-state index contributed by atoms with van der Waals surface area (Å²) in [5.74, 6) is -0.0864. The summed E-state index contributed by atoms with van der Waals surface area (Å²) in [6.07, 6.45) is 0.708.